The first kappa shape index (κ1) is 69.9. The SMILES string of the molecule is CCCCCCCCCCCCOCCCNC(=O)N(c1cc(Cl)c(O)c(Cl)c1)C1(C)C(=S)N(c2ccccc2)N=C1C.CCN(CC)C(=S)SN(C(=O)NCCCOc1ccc(C)cc1C)c1cc(Cl)c(OC(=O)C(C)(C)C)c(Cl)c1. The Hall–Kier alpha value is -4.59. The number of hydrogen-bond donors (Lipinski definition) is 3. The number of hydrazone groups is 1. The first-order valence-electron chi connectivity index (χ1n) is 28.2. The van der Waals surface area contributed by atoms with Crippen LogP contribution in [0.25, 0.3) is 0 Å². The van der Waals surface area contributed by atoms with Gasteiger partial charge in [0.25, 0.3) is 0 Å². The van der Waals surface area contributed by atoms with E-state index in [0.29, 0.717) is 78.6 Å². The lowest BCUT2D eigenvalue weighted by Gasteiger charge is -2.39. The summed E-state index contributed by atoms with van der Waals surface area (Å²) in [4.78, 5) is 43.4. The van der Waals surface area contributed by atoms with Crippen LogP contribution in [0.4, 0.5) is 26.7 Å². The minimum Gasteiger partial charge on any atom is -0.505 e. The lowest BCUT2D eigenvalue weighted by atomic mass is 9.94. The van der Waals surface area contributed by atoms with Gasteiger partial charge in [0, 0.05) is 51.3 Å². The lowest BCUT2D eigenvalue weighted by Crippen LogP contribution is -2.61. The first-order chi connectivity index (χ1) is 39.0. The molecule has 0 aromatic heterocycles. The number of phenols is 1. The number of unbranched alkanes of at least 4 members (excludes halogenated alkanes) is 9. The highest BCUT2D eigenvalue weighted by atomic mass is 35.5. The highest BCUT2D eigenvalue weighted by Gasteiger charge is 2.50. The van der Waals surface area contributed by atoms with Crippen molar-refractivity contribution in [2.45, 2.75) is 152 Å². The molecule has 0 aliphatic carbocycles. The van der Waals surface area contributed by atoms with Crippen molar-refractivity contribution >= 4 is 133 Å². The zero-order valence-electron chi connectivity index (χ0n) is 49.2. The molecule has 450 valence electrons. The highest BCUT2D eigenvalue weighted by molar-refractivity contribution is 8.24. The Balaban J connectivity index is 0.000000354. The third-order valence-corrected chi connectivity index (χ3v) is 16.6. The van der Waals surface area contributed by atoms with Gasteiger partial charge in [-0.1, -0.05) is 171 Å². The molecule has 0 saturated heterocycles. The molecule has 0 bridgehead atoms. The average Bonchev–Trinajstić information content (AvgIpc) is 3.74. The molecule has 1 atom stereocenters. The molecule has 21 heteroatoms. The molecular formula is C61H83Cl4N7O7S3. The van der Waals surface area contributed by atoms with E-state index in [2.05, 4.69) is 23.6 Å². The van der Waals surface area contributed by atoms with Gasteiger partial charge < -0.3 is 34.9 Å². The van der Waals surface area contributed by atoms with Gasteiger partial charge in [0.1, 0.15) is 16.3 Å². The fourth-order valence-corrected chi connectivity index (χ4v) is 11.3. The number of urea groups is 2. The number of para-hydroxylation sites is 1. The quantitative estimate of drug-likeness (QED) is 0.0172. The van der Waals surface area contributed by atoms with Crippen LogP contribution in [0.1, 0.15) is 144 Å². The zero-order valence-corrected chi connectivity index (χ0v) is 54.7. The number of esters is 1. The van der Waals surface area contributed by atoms with Crippen molar-refractivity contribution in [2.24, 2.45) is 10.5 Å². The van der Waals surface area contributed by atoms with E-state index < -0.39 is 23.0 Å². The standard InChI is InChI=1S/C33H46Cl2N4O3S.C28H37Cl2N3O4S2/c1-4-5-6-7-8-9-10-11-12-16-21-42-22-17-20-36-32(41)38(27-23-28(34)30(40)29(35)24-27)33(3)25(2)37-39(31(33)43)26-18-14-13-15-19-26;1-8-32(9-2)27(38)39-33(20-16-21(29)24(22(30)17-20)37-25(34)28(5,6)7)26(35)31-13-10-14-36-23-12-11-18(3)15-19(23)4/h13-15,18-19,23-24,40H,4-12,16-17,20-22H2,1-3H3,(H,36,41);11-12,15-17H,8-10,13-14H2,1-7H3,(H,31,35). The summed E-state index contributed by atoms with van der Waals surface area (Å²) >= 11 is 38.1. The molecule has 4 aromatic carbocycles. The van der Waals surface area contributed by atoms with E-state index in [1.807, 2.05) is 88.9 Å². The Morgan fingerprint density at radius 2 is 1.26 bits per heavy atom. The summed E-state index contributed by atoms with van der Waals surface area (Å²) in [6.07, 6.45) is 14.2. The predicted molar refractivity (Wildman–Crippen MR) is 351 cm³/mol. The van der Waals surface area contributed by atoms with Crippen molar-refractivity contribution in [3.05, 3.63) is 104 Å². The number of aryl methyl sites for hydroxylation is 2. The number of nitrogens with one attached hydrogen (secondary N) is 2. The number of hydrogen-bond acceptors (Lipinski definition) is 11. The Morgan fingerprint density at radius 3 is 1.82 bits per heavy atom. The number of nitrogens with zero attached hydrogens (tertiary/aromatic N) is 5. The molecule has 3 N–H and O–H groups in total. The van der Waals surface area contributed by atoms with Crippen LogP contribution in [0.15, 0.2) is 77.9 Å². The summed E-state index contributed by atoms with van der Waals surface area (Å²) in [6.45, 7) is 23.1. The Morgan fingerprint density at radius 1 is 0.720 bits per heavy atom. The molecule has 1 aliphatic rings. The van der Waals surface area contributed by atoms with Crippen molar-refractivity contribution in [2.75, 3.05) is 60.2 Å². The number of carbonyl (C=O) groups excluding carboxylic acids is 3. The van der Waals surface area contributed by atoms with E-state index in [9.17, 15) is 19.5 Å². The Labute approximate surface area is 522 Å². The van der Waals surface area contributed by atoms with Gasteiger partial charge in [-0.15, -0.1) is 0 Å². The summed E-state index contributed by atoms with van der Waals surface area (Å²) < 4.78 is 19.1. The van der Waals surface area contributed by atoms with E-state index in [-0.39, 0.29) is 37.6 Å². The van der Waals surface area contributed by atoms with Crippen LogP contribution in [0, 0.1) is 19.3 Å². The third-order valence-electron chi connectivity index (χ3n) is 13.4. The molecule has 82 heavy (non-hydrogen) atoms. The molecule has 1 aliphatic heterocycles. The molecular weight excluding hydrogens is 1180 g/mol. The molecule has 4 aromatic rings. The van der Waals surface area contributed by atoms with Gasteiger partial charge >= 0.3 is 18.0 Å². The summed E-state index contributed by atoms with van der Waals surface area (Å²) in [5, 5.41) is 22.7. The monoisotopic (exact) mass is 1260 g/mol. The van der Waals surface area contributed by atoms with Gasteiger partial charge in [-0.2, -0.15) is 5.10 Å². The second kappa shape index (κ2) is 35.0. The van der Waals surface area contributed by atoms with Crippen LogP contribution in [0.3, 0.4) is 0 Å². The van der Waals surface area contributed by atoms with E-state index in [0.717, 1.165) is 42.0 Å². The fourth-order valence-electron chi connectivity index (χ4n) is 8.48. The number of rotatable bonds is 27. The number of carbonyl (C=O) groups is 3. The van der Waals surface area contributed by atoms with Gasteiger partial charge in [0.05, 0.1) is 54.9 Å². The summed E-state index contributed by atoms with van der Waals surface area (Å²) in [7, 11) is 0. The van der Waals surface area contributed by atoms with Gasteiger partial charge in [0.15, 0.2) is 15.8 Å². The number of ether oxygens (including phenoxy) is 3. The van der Waals surface area contributed by atoms with Gasteiger partial charge in [-0.3, -0.25) is 9.69 Å². The molecule has 0 fully saturated rings. The molecule has 1 unspecified atom stereocenters. The maximum atomic E-state index is 13.8. The highest BCUT2D eigenvalue weighted by Crippen LogP contribution is 2.42. The van der Waals surface area contributed by atoms with Crippen LogP contribution in [-0.4, -0.2) is 94.6 Å². The largest absolute Gasteiger partial charge is 0.505 e. The van der Waals surface area contributed by atoms with Crippen LogP contribution in [0.2, 0.25) is 20.1 Å². The third kappa shape index (κ3) is 20.9. The van der Waals surface area contributed by atoms with Crippen LogP contribution >= 0.6 is 82.8 Å². The number of aromatic hydroxyl groups is 1. The van der Waals surface area contributed by atoms with E-state index >= 15 is 0 Å². The normalized spacial score (nSPS) is 13.9. The van der Waals surface area contributed by atoms with Crippen molar-refractivity contribution in [1.82, 2.24) is 15.5 Å². The van der Waals surface area contributed by atoms with Gasteiger partial charge in [0.2, 0.25) is 0 Å². The van der Waals surface area contributed by atoms with E-state index in [4.69, 9.17) is 90.2 Å². The van der Waals surface area contributed by atoms with Crippen molar-refractivity contribution < 1.29 is 33.7 Å². The van der Waals surface area contributed by atoms with Crippen molar-refractivity contribution in [1.29, 1.82) is 0 Å². The zero-order chi connectivity index (χ0) is 60.6. The first-order valence-corrected chi connectivity index (χ1v) is 31.3. The topological polar surface area (TPSA) is 149 Å². The summed E-state index contributed by atoms with van der Waals surface area (Å²) in [5.74, 6) is 0.142. The van der Waals surface area contributed by atoms with Crippen LogP contribution in [0.5, 0.6) is 17.2 Å². The lowest BCUT2D eigenvalue weighted by molar-refractivity contribution is -0.143. The number of phenolic OH excluding ortho intramolecular Hbond substituents is 1. The number of anilines is 3. The van der Waals surface area contributed by atoms with Crippen molar-refractivity contribution in [3.63, 3.8) is 0 Å². The van der Waals surface area contributed by atoms with E-state index in [1.165, 1.54) is 96.8 Å². The van der Waals surface area contributed by atoms with E-state index in [1.54, 1.807) is 25.8 Å². The minimum absolute atomic E-state index is 0.0303. The predicted octanol–water partition coefficient (Wildman–Crippen LogP) is 17.3. The Bertz CT molecular complexity index is 2740. The smallest absolute Gasteiger partial charge is 0.332 e. The number of benzene rings is 4. The van der Waals surface area contributed by atoms with Crippen molar-refractivity contribution in [3.8, 4) is 17.2 Å². The molecule has 4 amide bonds. The maximum Gasteiger partial charge on any atom is 0.332 e. The number of amides is 4. The minimum atomic E-state index is -1.11. The Kier molecular flexibility index (Phi) is 29.8. The number of halogens is 4. The molecule has 0 spiro atoms. The molecule has 14 nitrogen and oxygen atoms in total. The molecule has 5 rings (SSSR count). The van der Waals surface area contributed by atoms with Gasteiger partial charge in [-0.25, -0.2) is 18.9 Å². The second-order valence-corrected chi connectivity index (χ2v) is 24.7. The number of thiocarbonyl (C=S) groups is 2. The average molecular weight is 1260 g/mol. The maximum absolute atomic E-state index is 13.8. The van der Waals surface area contributed by atoms with Gasteiger partial charge in [-0.05, 0) is 130 Å². The summed E-state index contributed by atoms with van der Waals surface area (Å²) in [6, 6.07) is 20.8. The molecule has 0 saturated carbocycles. The summed E-state index contributed by atoms with van der Waals surface area (Å²) in [5.41, 5.74) is 2.58. The van der Waals surface area contributed by atoms with Crippen LogP contribution in [-0.2, 0) is 9.53 Å². The molecule has 1 heterocycles. The molecule has 0 radical (unpaired) electrons. The second-order valence-electron chi connectivity index (χ2n) is 21.1. The fraction of sp³-hybridized carbons (Fsp3) is 0.508. The van der Waals surface area contributed by atoms with Crippen LogP contribution < -0.4 is 34.3 Å².